The summed E-state index contributed by atoms with van der Waals surface area (Å²) in [6.45, 7) is 7.92. The van der Waals surface area contributed by atoms with E-state index in [-0.39, 0.29) is 24.0 Å². The topological polar surface area (TPSA) is 36.9 Å². The minimum absolute atomic E-state index is 0. The molecular weight excluding hydrogens is 504 g/mol. The fourth-order valence-corrected chi connectivity index (χ4v) is 3.00. The summed E-state index contributed by atoms with van der Waals surface area (Å²) < 4.78 is 7.32. The van der Waals surface area contributed by atoms with Gasteiger partial charge in [0.05, 0.1) is 3.57 Å². The number of aliphatic imine (C=N–C) groups is 1. The van der Waals surface area contributed by atoms with Crippen LogP contribution in [0.1, 0.15) is 26.7 Å². The van der Waals surface area contributed by atoms with Crippen molar-refractivity contribution in [2.45, 2.75) is 32.8 Å². The molecule has 1 aliphatic rings. The molecule has 0 saturated carbocycles. The Morgan fingerprint density at radius 3 is 2.59 bits per heavy atom. The van der Waals surface area contributed by atoms with Crippen LogP contribution in [0.2, 0.25) is 0 Å². The molecule has 1 fully saturated rings. The van der Waals surface area contributed by atoms with Crippen molar-refractivity contribution in [1.82, 2.24) is 10.2 Å². The number of piperidine rings is 1. The van der Waals surface area contributed by atoms with Crippen LogP contribution in [0, 0.1) is 3.57 Å². The lowest BCUT2D eigenvalue weighted by atomic mass is 10.1. The summed E-state index contributed by atoms with van der Waals surface area (Å²) in [7, 11) is 0. The van der Waals surface area contributed by atoms with Crippen molar-refractivity contribution < 1.29 is 4.74 Å². The van der Waals surface area contributed by atoms with E-state index in [4.69, 9.17) is 4.74 Å². The molecule has 4 nitrogen and oxygen atoms in total. The first-order valence-corrected chi connectivity index (χ1v) is 8.77. The predicted molar refractivity (Wildman–Crippen MR) is 111 cm³/mol. The number of halogens is 2. The Kier molecular flexibility index (Phi) is 9.46. The number of hydrogen-bond donors (Lipinski definition) is 1. The lowest BCUT2D eigenvalue weighted by molar-refractivity contribution is 0.128. The Morgan fingerprint density at radius 2 is 2.00 bits per heavy atom. The minimum Gasteiger partial charge on any atom is -0.489 e. The highest BCUT2D eigenvalue weighted by molar-refractivity contribution is 14.1. The van der Waals surface area contributed by atoms with Gasteiger partial charge >= 0.3 is 0 Å². The van der Waals surface area contributed by atoms with E-state index in [2.05, 4.69) is 63.8 Å². The SMILES string of the molecule is CCN=C(NCC)N1CCC(Oc2ccccc2I)CC1.I. The molecule has 0 atom stereocenters. The maximum absolute atomic E-state index is 6.14. The third kappa shape index (κ3) is 5.75. The number of rotatable bonds is 4. The summed E-state index contributed by atoms with van der Waals surface area (Å²) in [5.74, 6) is 2.04. The maximum atomic E-state index is 6.14. The highest BCUT2D eigenvalue weighted by Crippen LogP contribution is 2.24. The third-order valence-electron chi connectivity index (χ3n) is 3.51. The minimum atomic E-state index is 0. The van der Waals surface area contributed by atoms with Gasteiger partial charge in [0.1, 0.15) is 11.9 Å². The van der Waals surface area contributed by atoms with Crippen LogP contribution in [-0.4, -0.2) is 43.1 Å². The molecule has 1 aliphatic heterocycles. The van der Waals surface area contributed by atoms with Crippen LogP contribution >= 0.6 is 46.6 Å². The largest absolute Gasteiger partial charge is 0.489 e. The normalized spacial score (nSPS) is 16.1. The van der Waals surface area contributed by atoms with Gasteiger partial charge in [-0.2, -0.15) is 0 Å². The molecule has 0 bridgehead atoms. The summed E-state index contributed by atoms with van der Waals surface area (Å²) in [4.78, 5) is 6.89. The molecule has 22 heavy (non-hydrogen) atoms. The molecule has 124 valence electrons. The highest BCUT2D eigenvalue weighted by atomic mass is 127. The van der Waals surface area contributed by atoms with Crippen LogP contribution in [0.3, 0.4) is 0 Å². The molecule has 1 saturated heterocycles. The van der Waals surface area contributed by atoms with Gasteiger partial charge in [-0.1, -0.05) is 12.1 Å². The molecule has 0 radical (unpaired) electrons. The maximum Gasteiger partial charge on any atom is 0.193 e. The van der Waals surface area contributed by atoms with Gasteiger partial charge in [0, 0.05) is 39.0 Å². The van der Waals surface area contributed by atoms with Crippen molar-refractivity contribution in [3.63, 3.8) is 0 Å². The van der Waals surface area contributed by atoms with Crippen LogP contribution in [0.4, 0.5) is 0 Å². The fraction of sp³-hybridized carbons (Fsp3) is 0.562. The molecule has 0 unspecified atom stereocenters. The Labute approximate surface area is 164 Å². The second-order valence-electron chi connectivity index (χ2n) is 5.06. The van der Waals surface area contributed by atoms with E-state index >= 15 is 0 Å². The van der Waals surface area contributed by atoms with Crippen molar-refractivity contribution in [2.24, 2.45) is 4.99 Å². The molecule has 1 aromatic carbocycles. The van der Waals surface area contributed by atoms with E-state index in [1.54, 1.807) is 0 Å². The van der Waals surface area contributed by atoms with Crippen LogP contribution in [-0.2, 0) is 0 Å². The van der Waals surface area contributed by atoms with Crippen LogP contribution in [0.15, 0.2) is 29.3 Å². The Hall–Kier alpha value is -0.250. The standard InChI is InChI=1S/C16H24IN3O.HI/c1-3-18-16(19-4-2)20-11-9-13(10-12-20)21-15-8-6-5-7-14(15)17;/h5-8,13H,3-4,9-12H2,1-2H3,(H,18,19);1H. The molecule has 1 aromatic rings. The van der Waals surface area contributed by atoms with E-state index in [0.717, 1.165) is 50.7 Å². The van der Waals surface area contributed by atoms with Crippen molar-refractivity contribution in [2.75, 3.05) is 26.2 Å². The quantitative estimate of drug-likeness (QED) is 0.367. The van der Waals surface area contributed by atoms with Gasteiger partial charge in [-0.25, -0.2) is 0 Å². The van der Waals surface area contributed by atoms with Gasteiger partial charge in [0.25, 0.3) is 0 Å². The predicted octanol–water partition coefficient (Wildman–Crippen LogP) is 3.74. The number of ether oxygens (including phenoxy) is 1. The summed E-state index contributed by atoms with van der Waals surface area (Å²) in [5.41, 5.74) is 0. The summed E-state index contributed by atoms with van der Waals surface area (Å²) >= 11 is 2.33. The number of benzene rings is 1. The van der Waals surface area contributed by atoms with Gasteiger partial charge in [0.15, 0.2) is 5.96 Å². The molecule has 6 heteroatoms. The monoisotopic (exact) mass is 529 g/mol. The number of guanidine groups is 1. The zero-order valence-electron chi connectivity index (χ0n) is 13.2. The molecule has 0 amide bonds. The molecule has 0 spiro atoms. The second-order valence-corrected chi connectivity index (χ2v) is 6.23. The van der Waals surface area contributed by atoms with Gasteiger partial charge in [0.2, 0.25) is 0 Å². The number of para-hydroxylation sites is 1. The summed E-state index contributed by atoms with van der Waals surface area (Å²) in [5, 5.41) is 3.36. The third-order valence-corrected chi connectivity index (χ3v) is 4.41. The number of likely N-dealkylation sites (tertiary alicyclic amines) is 1. The molecule has 0 aromatic heterocycles. The zero-order chi connectivity index (χ0) is 15.1. The average Bonchev–Trinajstić information content (AvgIpc) is 2.50. The van der Waals surface area contributed by atoms with E-state index in [0.29, 0.717) is 6.10 Å². The lowest BCUT2D eigenvalue weighted by Crippen LogP contribution is -2.47. The van der Waals surface area contributed by atoms with E-state index in [1.807, 2.05) is 12.1 Å². The number of hydrogen-bond acceptors (Lipinski definition) is 2. The van der Waals surface area contributed by atoms with Crippen LogP contribution < -0.4 is 10.1 Å². The van der Waals surface area contributed by atoms with E-state index < -0.39 is 0 Å². The van der Waals surface area contributed by atoms with Gasteiger partial charge in [-0.05, 0) is 48.6 Å². The smallest absolute Gasteiger partial charge is 0.193 e. The van der Waals surface area contributed by atoms with Gasteiger partial charge in [-0.3, -0.25) is 4.99 Å². The first-order valence-electron chi connectivity index (χ1n) is 7.69. The van der Waals surface area contributed by atoms with E-state index in [9.17, 15) is 0 Å². The number of nitrogens with zero attached hydrogens (tertiary/aromatic N) is 2. The van der Waals surface area contributed by atoms with Gasteiger partial charge < -0.3 is 15.0 Å². The van der Waals surface area contributed by atoms with E-state index in [1.165, 1.54) is 3.57 Å². The second kappa shape index (κ2) is 10.5. The highest BCUT2D eigenvalue weighted by Gasteiger charge is 2.22. The first kappa shape index (κ1) is 19.8. The fourth-order valence-electron chi connectivity index (χ4n) is 2.48. The van der Waals surface area contributed by atoms with Crippen molar-refractivity contribution in [3.8, 4) is 5.75 Å². The van der Waals surface area contributed by atoms with Crippen molar-refractivity contribution in [3.05, 3.63) is 27.8 Å². The molecular formula is C16H25I2N3O. The Morgan fingerprint density at radius 1 is 1.32 bits per heavy atom. The number of nitrogens with one attached hydrogen (secondary N) is 1. The Bertz CT molecular complexity index is 474. The van der Waals surface area contributed by atoms with Crippen LogP contribution in [0.25, 0.3) is 0 Å². The Balaban J connectivity index is 0.00000242. The summed E-state index contributed by atoms with van der Waals surface area (Å²) in [6, 6.07) is 8.21. The first-order chi connectivity index (χ1) is 10.2. The van der Waals surface area contributed by atoms with Crippen molar-refractivity contribution in [1.29, 1.82) is 0 Å². The molecule has 1 N–H and O–H groups in total. The molecule has 2 rings (SSSR count). The molecule has 0 aliphatic carbocycles. The van der Waals surface area contributed by atoms with Gasteiger partial charge in [-0.15, -0.1) is 24.0 Å². The van der Waals surface area contributed by atoms with Crippen molar-refractivity contribution >= 4 is 52.5 Å². The molecule has 1 heterocycles. The lowest BCUT2D eigenvalue weighted by Gasteiger charge is -2.34. The summed E-state index contributed by atoms with van der Waals surface area (Å²) in [6.07, 6.45) is 2.39. The average molecular weight is 529 g/mol. The van der Waals surface area contributed by atoms with Crippen LogP contribution in [0.5, 0.6) is 5.75 Å². The zero-order valence-corrected chi connectivity index (χ0v) is 17.7.